The Balaban J connectivity index is 1.91. The van der Waals surface area contributed by atoms with Gasteiger partial charge >= 0.3 is 0 Å². The van der Waals surface area contributed by atoms with Crippen LogP contribution in [0.4, 0.5) is 17.5 Å². The lowest BCUT2D eigenvalue weighted by atomic mass is 10.1. The Morgan fingerprint density at radius 3 is 2.62 bits per heavy atom. The van der Waals surface area contributed by atoms with Crippen LogP contribution in [0.5, 0.6) is 0 Å². The summed E-state index contributed by atoms with van der Waals surface area (Å²) in [5.41, 5.74) is 1.70. The molecule has 0 aliphatic rings. The lowest BCUT2D eigenvalue weighted by molar-refractivity contribution is 0.606. The van der Waals surface area contributed by atoms with E-state index in [1.165, 1.54) is 0 Å². The van der Waals surface area contributed by atoms with Crippen molar-refractivity contribution in [1.82, 2.24) is 19.7 Å². The highest BCUT2D eigenvalue weighted by molar-refractivity contribution is 6.30. The summed E-state index contributed by atoms with van der Waals surface area (Å²) < 4.78 is 1.75. The lowest BCUT2D eigenvalue weighted by Crippen LogP contribution is -2.09. The molecule has 2 N–H and O–H groups in total. The molecule has 126 valence electrons. The van der Waals surface area contributed by atoms with Crippen molar-refractivity contribution < 1.29 is 0 Å². The number of halogens is 1. The van der Waals surface area contributed by atoms with E-state index in [1.807, 2.05) is 31.3 Å². The molecule has 7 heteroatoms. The minimum atomic E-state index is 0.600. The smallest absolute Gasteiger partial charge is 0.226 e. The molecule has 24 heavy (non-hydrogen) atoms. The van der Waals surface area contributed by atoms with Crippen molar-refractivity contribution in [3.05, 3.63) is 35.5 Å². The van der Waals surface area contributed by atoms with Gasteiger partial charge in [0, 0.05) is 24.3 Å². The second-order valence-corrected chi connectivity index (χ2v) is 6.58. The summed E-state index contributed by atoms with van der Waals surface area (Å²) in [5.74, 6) is 1.95. The molecule has 2 heterocycles. The fourth-order valence-electron chi connectivity index (χ4n) is 2.34. The first kappa shape index (κ1) is 16.5. The largest absolute Gasteiger partial charge is 0.354 e. The Morgan fingerprint density at radius 2 is 1.92 bits per heavy atom. The number of hydrogen-bond donors (Lipinski definition) is 2. The van der Waals surface area contributed by atoms with Crippen molar-refractivity contribution in [1.29, 1.82) is 0 Å². The van der Waals surface area contributed by atoms with Gasteiger partial charge in [0.1, 0.15) is 5.82 Å². The van der Waals surface area contributed by atoms with E-state index in [-0.39, 0.29) is 0 Å². The summed E-state index contributed by atoms with van der Waals surface area (Å²) in [4.78, 5) is 9.17. The molecule has 0 atom stereocenters. The SMILES string of the molecule is CC(C)CCNc1nc(Nc2ccc(Cl)cc2)c2cnn(C)c2n1. The summed E-state index contributed by atoms with van der Waals surface area (Å²) in [5, 5.41) is 12.5. The average molecular weight is 345 g/mol. The molecule has 0 saturated heterocycles. The van der Waals surface area contributed by atoms with E-state index in [9.17, 15) is 0 Å². The van der Waals surface area contributed by atoms with Gasteiger partial charge in [-0.2, -0.15) is 15.1 Å². The second-order valence-electron chi connectivity index (χ2n) is 6.14. The van der Waals surface area contributed by atoms with Gasteiger partial charge in [0.2, 0.25) is 5.95 Å². The Morgan fingerprint density at radius 1 is 1.17 bits per heavy atom. The molecule has 3 rings (SSSR count). The second kappa shape index (κ2) is 7.05. The van der Waals surface area contributed by atoms with E-state index in [4.69, 9.17) is 11.6 Å². The molecule has 0 unspecified atom stereocenters. The predicted molar refractivity (Wildman–Crippen MR) is 99.0 cm³/mol. The van der Waals surface area contributed by atoms with Crippen LogP contribution in [0.3, 0.4) is 0 Å². The summed E-state index contributed by atoms with van der Waals surface area (Å²) in [6, 6.07) is 7.51. The van der Waals surface area contributed by atoms with Crippen LogP contribution in [0.2, 0.25) is 5.02 Å². The van der Waals surface area contributed by atoms with Gasteiger partial charge in [-0.25, -0.2) is 0 Å². The third kappa shape index (κ3) is 3.76. The average Bonchev–Trinajstić information content (AvgIpc) is 2.91. The minimum absolute atomic E-state index is 0.600. The zero-order valence-corrected chi connectivity index (χ0v) is 14.8. The molecule has 2 aromatic heterocycles. The fraction of sp³-hybridized carbons (Fsp3) is 0.353. The molecule has 0 bridgehead atoms. The van der Waals surface area contributed by atoms with Crippen LogP contribution >= 0.6 is 11.6 Å². The normalized spacial score (nSPS) is 11.2. The summed E-state index contributed by atoms with van der Waals surface area (Å²) in [6.45, 7) is 5.22. The van der Waals surface area contributed by atoms with Crippen molar-refractivity contribution in [2.75, 3.05) is 17.2 Å². The van der Waals surface area contributed by atoms with Gasteiger partial charge in [-0.3, -0.25) is 4.68 Å². The molecule has 1 aromatic carbocycles. The number of anilines is 3. The van der Waals surface area contributed by atoms with Gasteiger partial charge in [0.15, 0.2) is 5.65 Å². The Hall–Kier alpha value is -2.34. The number of benzene rings is 1. The fourth-order valence-corrected chi connectivity index (χ4v) is 2.47. The van der Waals surface area contributed by atoms with Crippen LogP contribution in [0.1, 0.15) is 20.3 Å². The highest BCUT2D eigenvalue weighted by atomic mass is 35.5. The van der Waals surface area contributed by atoms with Crippen LogP contribution in [0.15, 0.2) is 30.5 Å². The number of rotatable bonds is 6. The third-order valence-electron chi connectivity index (χ3n) is 3.70. The van der Waals surface area contributed by atoms with Crippen LogP contribution in [-0.4, -0.2) is 26.3 Å². The van der Waals surface area contributed by atoms with Crippen LogP contribution in [0.25, 0.3) is 11.0 Å². The maximum Gasteiger partial charge on any atom is 0.226 e. The molecule has 0 aliphatic carbocycles. The molecule has 0 radical (unpaired) electrons. The lowest BCUT2D eigenvalue weighted by Gasteiger charge is -2.11. The zero-order chi connectivity index (χ0) is 17.1. The number of aryl methyl sites for hydroxylation is 1. The maximum absolute atomic E-state index is 5.94. The van der Waals surface area contributed by atoms with Crippen LogP contribution < -0.4 is 10.6 Å². The summed E-state index contributed by atoms with van der Waals surface area (Å²) in [7, 11) is 1.87. The quantitative estimate of drug-likeness (QED) is 0.700. The number of fused-ring (bicyclic) bond motifs is 1. The Labute approximate surface area is 146 Å². The van der Waals surface area contributed by atoms with Crippen molar-refractivity contribution in [3.63, 3.8) is 0 Å². The van der Waals surface area contributed by atoms with Crippen LogP contribution in [0, 0.1) is 5.92 Å². The monoisotopic (exact) mass is 344 g/mol. The first-order chi connectivity index (χ1) is 11.5. The minimum Gasteiger partial charge on any atom is -0.354 e. The predicted octanol–water partition coefficient (Wildman–Crippen LogP) is 4.22. The first-order valence-electron chi connectivity index (χ1n) is 7.99. The van der Waals surface area contributed by atoms with Crippen molar-refractivity contribution in [2.24, 2.45) is 13.0 Å². The van der Waals surface area contributed by atoms with Crippen molar-refractivity contribution in [3.8, 4) is 0 Å². The van der Waals surface area contributed by atoms with E-state index in [2.05, 4.69) is 39.5 Å². The first-order valence-corrected chi connectivity index (χ1v) is 8.37. The summed E-state index contributed by atoms with van der Waals surface area (Å²) >= 11 is 5.94. The maximum atomic E-state index is 5.94. The molecular formula is C17H21ClN6. The van der Waals surface area contributed by atoms with Crippen LogP contribution in [-0.2, 0) is 7.05 Å². The van der Waals surface area contributed by atoms with Gasteiger partial charge in [-0.15, -0.1) is 0 Å². The molecule has 0 amide bonds. The highest BCUT2D eigenvalue weighted by Gasteiger charge is 2.12. The number of nitrogens with one attached hydrogen (secondary N) is 2. The molecular weight excluding hydrogens is 324 g/mol. The molecule has 0 fully saturated rings. The number of hydrogen-bond acceptors (Lipinski definition) is 5. The number of aromatic nitrogens is 4. The molecule has 0 spiro atoms. The molecule has 3 aromatic rings. The topological polar surface area (TPSA) is 67.7 Å². The van der Waals surface area contributed by atoms with E-state index >= 15 is 0 Å². The standard InChI is InChI=1S/C17H21ClN6/c1-11(2)8-9-19-17-22-15(14-10-20-24(3)16(14)23-17)21-13-6-4-12(18)5-7-13/h4-7,10-11H,8-9H2,1-3H3,(H2,19,21,22,23). The van der Waals surface area contributed by atoms with Gasteiger partial charge < -0.3 is 10.6 Å². The van der Waals surface area contributed by atoms with E-state index in [1.54, 1.807) is 10.9 Å². The van der Waals surface area contributed by atoms with Crippen molar-refractivity contribution >= 4 is 40.1 Å². The van der Waals surface area contributed by atoms with Gasteiger partial charge in [-0.05, 0) is 36.6 Å². The Kier molecular flexibility index (Phi) is 4.85. The number of nitrogens with zero attached hydrogens (tertiary/aromatic N) is 4. The van der Waals surface area contributed by atoms with E-state index in [0.29, 0.717) is 16.9 Å². The van der Waals surface area contributed by atoms with Gasteiger partial charge in [-0.1, -0.05) is 25.4 Å². The molecule has 6 nitrogen and oxygen atoms in total. The molecule has 0 saturated carbocycles. The van der Waals surface area contributed by atoms with E-state index in [0.717, 1.165) is 35.5 Å². The Bertz CT molecular complexity index is 825. The molecule has 0 aliphatic heterocycles. The van der Waals surface area contributed by atoms with Gasteiger partial charge in [0.25, 0.3) is 0 Å². The zero-order valence-electron chi connectivity index (χ0n) is 14.0. The highest BCUT2D eigenvalue weighted by Crippen LogP contribution is 2.25. The summed E-state index contributed by atoms with van der Waals surface area (Å²) in [6.07, 6.45) is 2.83. The van der Waals surface area contributed by atoms with Gasteiger partial charge in [0.05, 0.1) is 11.6 Å². The van der Waals surface area contributed by atoms with Crippen molar-refractivity contribution in [2.45, 2.75) is 20.3 Å². The van der Waals surface area contributed by atoms with E-state index < -0.39 is 0 Å². The third-order valence-corrected chi connectivity index (χ3v) is 3.96.